The number of carbonyl (C=O) groups is 1. The topological polar surface area (TPSA) is 58.6 Å². The lowest BCUT2D eigenvalue weighted by molar-refractivity contribution is -0.139. The Balaban J connectivity index is 1.89. The minimum atomic E-state index is -0.885. The summed E-state index contributed by atoms with van der Waals surface area (Å²) in [7, 11) is 0. The summed E-state index contributed by atoms with van der Waals surface area (Å²) in [5.74, 6) is -0.169. The van der Waals surface area contributed by atoms with Crippen LogP contribution < -0.4 is 10.1 Å². The highest BCUT2D eigenvalue weighted by atomic mass is 35.5. The average molecular weight is 370 g/mol. The summed E-state index contributed by atoms with van der Waals surface area (Å²) in [4.78, 5) is 11.1. The van der Waals surface area contributed by atoms with Gasteiger partial charge in [-0.2, -0.15) is 0 Å². The fourth-order valence-electron chi connectivity index (χ4n) is 2.75. The minimum absolute atomic E-state index is 0.347. The Kier molecular flexibility index (Phi) is 5.76. The lowest BCUT2D eigenvalue weighted by Crippen LogP contribution is -2.33. The zero-order valence-electron chi connectivity index (χ0n) is 14.4. The second-order valence-corrected chi connectivity index (χ2v) is 6.49. The van der Waals surface area contributed by atoms with E-state index in [1.54, 1.807) is 6.92 Å². The molecule has 0 heterocycles. The molecule has 0 amide bonds. The van der Waals surface area contributed by atoms with E-state index >= 15 is 0 Å². The van der Waals surface area contributed by atoms with Gasteiger partial charge in [0, 0.05) is 22.7 Å². The molecule has 0 aliphatic rings. The molecule has 26 heavy (non-hydrogen) atoms. The molecule has 0 aliphatic carbocycles. The number of carboxylic acids is 1. The normalized spacial score (nSPS) is 12.1. The van der Waals surface area contributed by atoms with Crippen molar-refractivity contribution in [3.63, 3.8) is 0 Å². The number of fused-ring (bicyclic) bond motifs is 1. The van der Waals surface area contributed by atoms with Gasteiger partial charge in [0.25, 0.3) is 0 Å². The van der Waals surface area contributed by atoms with Crippen molar-refractivity contribution in [1.29, 1.82) is 0 Å². The van der Waals surface area contributed by atoms with Crippen molar-refractivity contribution >= 4 is 28.3 Å². The van der Waals surface area contributed by atoms with E-state index in [2.05, 4.69) is 5.32 Å². The monoisotopic (exact) mass is 369 g/mol. The molecular formula is C21H20ClNO3. The van der Waals surface area contributed by atoms with E-state index in [0.29, 0.717) is 23.9 Å². The van der Waals surface area contributed by atoms with Crippen molar-refractivity contribution < 1.29 is 14.6 Å². The van der Waals surface area contributed by atoms with Gasteiger partial charge in [0.15, 0.2) is 0 Å². The zero-order chi connectivity index (χ0) is 18.5. The number of halogens is 1. The molecule has 0 spiro atoms. The summed E-state index contributed by atoms with van der Waals surface area (Å²) in [6, 6.07) is 18.8. The molecule has 0 aromatic heterocycles. The van der Waals surface area contributed by atoms with Crippen molar-refractivity contribution in [2.75, 3.05) is 0 Å². The Morgan fingerprint density at radius 2 is 1.85 bits per heavy atom. The molecule has 1 unspecified atom stereocenters. The van der Waals surface area contributed by atoms with Crippen LogP contribution in [0.4, 0.5) is 0 Å². The van der Waals surface area contributed by atoms with Crippen LogP contribution in [0, 0.1) is 0 Å². The number of nitrogens with one attached hydrogen (secondary N) is 1. The maximum absolute atomic E-state index is 11.1. The highest BCUT2D eigenvalue weighted by molar-refractivity contribution is 6.31. The fourth-order valence-corrected chi connectivity index (χ4v) is 2.94. The second-order valence-electron chi connectivity index (χ2n) is 6.08. The van der Waals surface area contributed by atoms with Gasteiger partial charge in [0.05, 0.1) is 0 Å². The van der Waals surface area contributed by atoms with Crippen LogP contribution in [0.3, 0.4) is 0 Å². The molecule has 0 fully saturated rings. The van der Waals surface area contributed by atoms with Gasteiger partial charge in [-0.25, -0.2) is 0 Å². The molecule has 0 saturated carbocycles. The van der Waals surface area contributed by atoms with Gasteiger partial charge in [0.2, 0.25) is 0 Å². The van der Waals surface area contributed by atoms with Gasteiger partial charge < -0.3 is 15.2 Å². The first-order valence-corrected chi connectivity index (χ1v) is 8.77. The molecule has 134 valence electrons. The predicted molar refractivity (Wildman–Crippen MR) is 104 cm³/mol. The van der Waals surface area contributed by atoms with Crippen LogP contribution in [0.25, 0.3) is 10.8 Å². The quantitative estimate of drug-likeness (QED) is 0.637. The average Bonchev–Trinajstić information content (AvgIpc) is 2.65. The van der Waals surface area contributed by atoms with Gasteiger partial charge in [-0.15, -0.1) is 0 Å². The second kappa shape index (κ2) is 8.21. The van der Waals surface area contributed by atoms with E-state index in [1.165, 1.54) is 0 Å². The van der Waals surface area contributed by atoms with Gasteiger partial charge in [0.1, 0.15) is 18.4 Å². The third-order valence-electron chi connectivity index (χ3n) is 4.29. The molecule has 4 nitrogen and oxygen atoms in total. The number of carboxylic acid groups (broad SMARTS) is 1. The number of benzene rings is 3. The molecule has 0 radical (unpaired) electrons. The maximum Gasteiger partial charge on any atom is 0.320 e. The lowest BCUT2D eigenvalue weighted by Gasteiger charge is -2.17. The molecule has 3 aromatic rings. The number of aliphatic carboxylic acids is 1. The summed E-state index contributed by atoms with van der Waals surface area (Å²) in [6.07, 6.45) is 0. The van der Waals surface area contributed by atoms with Gasteiger partial charge in [-0.05, 0) is 29.8 Å². The van der Waals surface area contributed by atoms with Crippen LogP contribution in [0.5, 0.6) is 5.75 Å². The first-order valence-electron chi connectivity index (χ1n) is 8.39. The number of ether oxygens (including phenoxy) is 1. The Labute approximate surface area is 157 Å². The smallest absolute Gasteiger partial charge is 0.320 e. The summed E-state index contributed by atoms with van der Waals surface area (Å²) in [6.45, 7) is 2.36. The van der Waals surface area contributed by atoms with Crippen molar-refractivity contribution in [3.8, 4) is 5.75 Å². The SMILES string of the molecule is CC(NCc1c(OCc2ccccc2Cl)ccc2ccccc12)C(=O)O. The van der Waals surface area contributed by atoms with Crippen LogP contribution in [0.1, 0.15) is 18.1 Å². The van der Waals surface area contributed by atoms with Crippen LogP contribution in [0.2, 0.25) is 5.02 Å². The van der Waals surface area contributed by atoms with E-state index in [4.69, 9.17) is 21.4 Å². The van der Waals surface area contributed by atoms with E-state index in [9.17, 15) is 4.79 Å². The summed E-state index contributed by atoms with van der Waals surface area (Å²) in [5.41, 5.74) is 1.84. The van der Waals surface area contributed by atoms with Crippen LogP contribution in [0.15, 0.2) is 60.7 Å². The number of rotatable bonds is 7. The molecule has 3 aromatic carbocycles. The number of hydrogen-bond acceptors (Lipinski definition) is 3. The summed E-state index contributed by atoms with van der Waals surface area (Å²) >= 11 is 6.21. The van der Waals surface area contributed by atoms with E-state index in [1.807, 2.05) is 60.7 Å². The van der Waals surface area contributed by atoms with Crippen LogP contribution >= 0.6 is 11.6 Å². The van der Waals surface area contributed by atoms with Crippen LogP contribution in [-0.2, 0) is 17.9 Å². The first-order chi connectivity index (χ1) is 12.6. The van der Waals surface area contributed by atoms with Crippen molar-refractivity contribution in [2.45, 2.75) is 26.1 Å². The van der Waals surface area contributed by atoms with Gasteiger partial charge in [-0.3, -0.25) is 4.79 Å². The zero-order valence-corrected chi connectivity index (χ0v) is 15.2. The molecule has 0 saturated heterocycles. The largest absolute Gasteiger partial charge is 0.488 e. The Morgan fingerprint density at radius 3 is 2.62 bits per heavy atom. The first kappa shape index (κ1) is 18.2. The summed E-state index contributed by atoms with van der Waals surface area (Å²) < 4.78 is 6.03. The fraction of sp³-hybridized carbons (Fsp3) is 0.190. The molecular weight excluding hydrogens is 350 g/mol. The van der Waals surface area contributed by atoms with E-state index in [0.717, 1.165) is 21.9 Å². The minimum Gasteiger partial charge on any atom is -0.488 e. The van der Waals surface area contributed by atoms with Gasteiger partial charge in [-0.1, -0.05) is 60.1 Å². The maximum atomic E-state index is 11.1. The van der Waals surface area contributed by atoms with Crippen LogP contribution in [-0.4, -0.2) is 17.1 Å². The Morgan fingerprint density at radius 1 is 1.12 bits per heavy atom. The lowest BCUT2D eigenvalue weighted by atomic mass is 10.0. The van der Waals surface area contributed by atoms with E-state index in [-0.39, 0.29) is 0 Å². The van der Waals surface area contributed by atoms with Crippen molar-refractivity contribution in [1.82, 2.24) is 5.32 Å². The Bertz CT molecular complexity index is 926. The molecule has 3 rings (SSSR count). The standard InChI is InChI=1S/C21H20ClNO3/c1-14(21(24)25)23-12-18-17-8-4-2-6-15(17)10-11-20(18)26-13-16-7-3-5-9-19(16)22/h2-11,14,23H,12-13H2,1H3,(H,24,25). The van der Waals surface area contributed by atoms with Gasteiger partial charge >= 0.3 is 5.97 Å². The van der Waals surface area contributed by atoms with Crippen molar-refractivity contribution in [3.05, 3.63) is 76.8 Å². The highest BCUT2D eigenvalue weighted by Crippen LogP contribution is 2.29. The summed E-state index contributed by atoms with van der Waals surface area (Å²) in [5, 5.41) is 14.9. The third kappa shape index (κ3) is 4.15. The molecule has 0 bridgehead atoms. The molecule has 1 atom stereocenters. The molecule has 2 N–H and O–H groups in total. The molecule has 0 aliphatic heterocycles. The Hall–Kier alpha value is -2.56. The third-order valence-corrected chi connectivity index (χ3v) is 4.66. The number of hydrogen-bond donors (Lipinski definition) is 2. The highest BCUT2D eigenvalue weighted by Gasteiger charge is 2.14. The molecule has 5 heteroatoms. The predicted octanol–water partition coefficient (Wildman–Crippen LogP) is 4.63. The van der Waals surface area contributed by atoms with Crippen molar-refractivity contribution in [2.24, 2.45) is 0 Å². The van der Waals surface area contributed by atoms with E-state index < -0.39 is 12.0 Å².